The Bertz CT molecular complexity index is 2320. The van der Waals surface area contributed by atoms with Crippen molar-refractivity contribution >= 4 is 71.4 Å². The topological polar surface area (TPSA) is 342 Å². The van der Waals surface area contributed by atoms with Crippen LogP contribution in [0.1, 0.15) is 266 Å². The predicted octanol–water partition coefficient (Wildman–Crippen LogP) is 8.40. The first-order chi connectivity index (χ1) is 41.3. The van der Waals surface area contributed by atoms with E-state index in [1.807, 2.05) is 6.92 Å². The summed E-state index contributed by atoms with van der Waals surface area (Å²) in [5, 5.41) is 15.4. The summed E-state index contributed by atoms with van der Waals surface area (Å²) in [4.78, 5) is 160. The van der Waals surface area contributed by atoms with Crippen molar-refractivity contribution in [3.63, 3.8) is 0 Å². The van der Waals surface area contributed by atoms with Gasteiger partial charge in [-0.3, -0.25) is 33.6 Å². The Hall–Kier alpha value is -6.56. The standard InChI is InChI=1S/C65H114N6O19/c1-20-21-41-84-52(76)31-29-27-25-23-22-24-26-28-30-40-66-51(75)42-47(71-59(83)90-65(17,18)19)54(78)70-46(58(82)89-64(14,15)16)34-38-50(74)68-44(56(80)87-62(8,9)10)32-36-48(72)67-43(55(79)86-61(5,6)7)33-37-49(73)69-45(57(81)88-63(11,12)13)35-39-53(77)85-60(2,3)4/h43-47H,20-42H2,1-19H3,(H,66,75)(H,67,72)(H,68,74)(H,69,73)(H,70,78)(H,71,83)/t43-,44-,45-,46-,47-/m0/s1. The summed E-state index contributed by atoms with van der Waals surface area (Å²) in [6.45, 7) is 31.9. The summed E-state index contributed by atoms with van der Waals surface area (Å²) in [6.07, 6.45) is 6.15. The lowest BCUT2D eigenvalue weighted by atomic mass is 10.1. The van der Waals surface area contributed by atoms with Crippen LogP contribution in [0.2, 0.25) is 0 Å². The van der Waals surface area contributed by atoms with Gasteiger partial charge in [-0.1, -0.05) is 58.3 Å². The minimum Gasteiger partial charge on any atom is -0.466 e. The van der Waals surface area contributed by atoms with Crippen molar-refractivity contribution in [2.24, 2.45) is 0 Å². The Morgan fingerprint density at radius 3 is 1.01 bits per heavy atom. The predicted molar refractivity (Wildman–Crippen MR) is 337 cm³/mol. The van der Waals surface area contributed by atoms with E-state index in [9.17, 15) is 57.5 Å². The number of rotatable bonds is 39. The molecule has 0 bridgehead atoms. The van der Waals surface area contributed by atoms with Crippen LogP contribution in [-0.4, -0.2) is 148 Å². The third-order valence-corrected chi connectivity index (χ3v) is 12.2. The first-order valence-electron chi connectivity index (χ1n) is 32.0. The van der Waals surface area contributed by atoms with Crippen molar-refractivity contribution in [3.8, 4) is 0 Å². The first kappa shape index (κ1) is 83.4. The number of carbonyl (C=O) groups excluding carboxylic acids is 12. The molecule has 5 atom stereocenters. The molecule has 0 radical (unpaired) electrons. The highest BCUT2D eigenvalue weighted by Crippen LogP contribution is 2.19. The molecule has 0 aliphatic heterocycles. The van der Waals surface area contributed by atoms with Crippen LogP contribution in [0, 0.1) is 0 Å². The monoisotopic (exact) mass is 1280 g/mol. The number of carbonyl (C=O) groups is 12. The van der Waals surface area contributed by atoms with Gasteiger partial charge in [-0.25, -0.2) is 24.0 Å². The number of ether oxygens (including phenoxy) is 7. The number of unbranched alkanes of at least 4 members (excludes halogenated alkanes) is 9. The third-order valence-electron chi connectivity index (χ3n) is 12.2. The molecule has 90 heavy (non-hydrogen) atoms. The van der Waals surface area contributed by atoms with Gasteiger partial charge in [-0.15, -0.1) is 0 Å². The van der Waals surface area contributed by atoms with Crippen molar-refractivity contribution in [2.45, 2.75) is 330 Å². The van der Waals surface area contributed by atoms with Crippen molar-refractivity contribution in [2.75, 3.05) is 13.2 Å². The molecule has 0 spiro atoms. The van der Waals surface area contributed by atoms with Crippen LogP contribution < -0.4 is 31.9 Å². The minimum absolute atomic E-state index is 0.143. The zero-order valence-electron chi connectivity index (χ0n) is 57.9. The molecule has 0 aromatic heterocycles. The van der Waals surface area contributed by atoms with E-state index in [0.717, 1.165) is 64.2 Å². The summed E-state index contributed by atoms with van der Waals surface area (Å²) >= 11 is 0. The summed E-state index contributed by atoms with van der Waals surface area (Å²) in [5.41, 5.74) is -5.90. The lowest BCUT2D eigenvalue weighted by Crippen LogP contribution is -2.54. The maximum atomic E-state index is 14.1. The van der Waals surface area contributed by atoms with Gasteiger partial charge in [0.25, 0.3) is 0 Å². The van der Waals surface area contributed by atoms with Crippen molar-refractivity contribution in [3.05, 3.63) is 0 Å². The van der Waals surface area contributed by atoms with Gasteiger partial charge in [0.15, 0.2) is 0 Å². The molecule has 0 aliphatic rings. The fraction of sp³-hybridized carbons (Fsp3) is 0.815. The van der Waals surface area contributed by atoms with E-state index in [1.54, 1.807) is 125 Å². The molecule has 0 aromatic rings. The highest BCUT2D eigenvalue weighted by atomic mass is 16.6. The highest BCUT2D eigenvalue weighted by Gasteiger charge is 2.36. The Labute approximate surface area is 535 Å². The van der Waals surface area contributed by atoms with E-state index in [2.05, 4.69) is 31.9 Å². The second kappa shape index (κ2) is 40.3. The summed E-state index contributed by atoms with van der Waals surface area (Å²) in [5.74, 6) is -8.22. The summed E-state index contributed by atoms with van der Waals surface area (Å²) in [7, 11) is 0. The Kier molecular flexibility index (Phi) is 37.4. The summed E-state index contributed by atoms with van der Waals surface area (Å²) < 4.78 is 38.2. The maximum Gasteiger partial charge on any atom is 0.408 e. The van der Waals surface area contributed by atoms with Crippen LogP contribution >= 0.6 is 0 Å². The zero-order valence-corrected chi connectivity index (χ0v) is 57.9. The van der Waals surface area contributed by atoms with E-state index in [0.29, 0.717) is 26.0 Å². The Morgan fingerprint density at radius 1 is 0.322 bits per heavy atom. The number of hydrogen-bond acceptors (Lipinski definition) is 19. The van der Waals surface area contributed by atoms with Gasteiger partial charge < -0.3 is 65.1 Å². The molecule has 518 valence electrons. The number of amides is 6. The van der Waals surface area contributed by atoms with E-state index >= 15 is 0 Å². The van der Waals surface area contributed by atoms with Gasteiger partial charge in [0.1, 0.15) is 63.8 Å². The molecule has 0 saturated carbocycles. The smallest absolute Gasteiger partial charge is 0.408 e. The van der Waals surface area contributed by atoms with Gasteiger partial charge in [-0.05, 0) is 170 Å². The molecule has 6 N–H and O–H groups in total. The highest BCUT2D eigenvalue weighted by molar-refractivity contribution is 5.94. The van der Waals surface area contributed by atoms with Crippen molar-refractivity contribution in [1.29, 1.82) is 0 Å². The largest absolute Gasteiger partial charge is 0.466 e. The third kappa shape index (κ3) is 45.7. The second-order valence-electron chi connectivity index (χ2n) is 28.6. The van der Waals surface area contributed by atoms with Gasteiger partial charge in [0.05, 0.1) is 13.0 Å². The van der Waals surface area contributed by atoms with Crippen LogP contribution in [0.4, 0.5) is 4.79 Å². The molecule has 0 aromatic carbocycles. The molecule has 0 rings (SSSR count). The molecule has 0 unspecified atom stereocenters. The molecule has 25 heteroatoms. The van der Waals surface area contributed by atoms with Crippen LogP contribution in [0.25, 0.3) is 0 Å². The molecular formula is C65H114N6O19. The fourth-order valence-electron chi connectivity index (χ4n) is 8.22. The number of hydrogen-bond donors (Lipinski definition) is 6. The maximum absolute atomic E-state index is 14.1. The van der Waals surface area contributed by atoms with Gasteiger partial charge >= 0.3 is 41.9 Å². The van der Waals surface area contributed by atoms with E-state index in [-0.39, 0.29) is 31.7 Å². The second-order valence-corrected chi connectivity index (χ2v) is 28.6. The van der Waals surface area contributed by atoms with E-state index < -0.39 is 161 Å². The van der Waals surface area contributed by atoms with Crippen LogP contribution in [0.15, 0.2) is 0 Å². The molecule has 6 amide bonds. The van der Waals surface area contributed by atoms with Gasteiger partial charge in [0.2, 0.25) is 29.5 Å². The lowest BCUT2D eigenvalue weighted by molar-refractivity contribution is -0.161. The summed E-state index contributed by atoms with van der Waals surface area (Å²) in [6, 6.07) is -7.27. The van der Waals surface area contributed by atoms with Gasteiger partial charge in [-0.2, -0.15) is 0 Å². The quantitative estimate of drug-likeness (QED) is 0.0191. The van der Waals surface area contributed by atoms with Crippen LogP contribution in [0.5, 0.6) is 0 Å². The Morgan fingerprint density at radius 2 is 0.656 bits per heavy atom. The minimum atomic E-state index is -1.56. The Balaban J connectivity index is 6.24. The van der Waals surface area contributed by atoms with Crippen molar-refractivity contribution < 1.29 is 90.7 Å². The molecule has 0 heterocycles. The average molecular weight is 1280 g/mol. The molecule has 0 aliphatic carbocycles. The number of alkyl carbamates (subject to hydrolysis) is 1. The van der Waals surface area contributed by atoms with E-state index in [1.165, 1.54) is 0 Å². The van der Waals surface area contributed by atoms with E-state index in [4.69, 9.17) is 33.2 Å². The molecule has 0 fully saturated rings. The normalized spacial score (nSPS) is 13.7. The first-order valence-corrected chi connectivity index (χ1v) is 32.0. The molecule has 25 nitrogen and oxygen atoms in total. The van der Waals surface area contributed by atoms with Crippen molar-refractivity contribution in [1.82, 2.24) is 31.9 Å². The fourth-order valence-corrected chi connectivity index (χ4v) is 8.22. The zero-order chi connectivity index (χ0) is 69.3. The number of nitrogens with one attached hydrogen (secondary N) is 6. The lowest BCUT2D eigenvalue weighted by Gasteiger charge is -2.27. The molecule has 0 saturated heterocycles. The van der Waals surface area contributed by atoms with Crippen LogP contribution in [-0.2, 0) is 85.9 Å². The SMILES string of the molecule is CCCCOC(=O)CCCCCCCCCCCNC(=O)C[C@H](NC(=O)OC(C)(C)C)C(=O)N[C@@H](CCC(=O)N[C@@H](CCC(=O)N[C@@H](CCC(=O)N[C@@H](CCC(=O)OC(C)(C)C)C(=O)OC(C)(C)C)C(=O)OC(C)(C)C)C(=O)OC(C)(C)C)C(=O)OC(C)(C)C. The van der Waals surface area contributed by atoms with Crippen LogP contribution in [0.3, 0.4) is 0 Å². The molecular weight excluding hydrogens is 1170 g/mol. The average Bonchev–Trinajstić information content (AvgIpc) is 1.62. The van der Waals surface area contributed by atoms with Gasteiger partial charge in [0, 0.05) is 38.6 Å². The number of esters is 6.